The molecule has 0 aliphatic carbocycles. The summed E-state index contributed by atoms with van der Waals surface area (Å²) in [6.07, 6.45) is 1.02. The van der Waals surface area contributed by atoms with E-state index in [1.807, 2.05) is 0 Å². The van der Waals surface area contributed by atoms with Crippen LogP contribution in [0.2, 0.25) is 12.1 Å². The Hall–Kier alpha value is -0.723. The Kier molecular flexibility index (Phi) is 10.0. The highest BCUT2D eigenvalue weighted by Crippen LogP contribution is 2.35. The fourth-order valence-electron chi connectivity index (χ4n) is 4.22. The van der Waals surface area contributed by atoms with Crippen LogP contribution in [0, 0.1) is 5.41 Å². The average molecular weight is 381 g/mol. The van der Waals surface area contributed by atoms with Crippen LogP contribution in [-0.2, 0) is 15.3 Å². The molecule has 0 atom stereocenters. The maximum absolute atomic E-state index is 6.43. The SMILES string of the molecule is CCO[Si](CCc1ccccc1)(CC(C)(CN(C)C)CN(C)C)OCC. The van der Waals surface area contributed by atoms with Gasteiger partial charge in [-0.15, -0.1) is 0 Å². The third-order valence-electron chi connectivity index (χ3n) is 4.54. The van der Waals surface area contributed by atoms with Gasteiger partial charge in [0.1, 0.15) is 0 Å². The van der Waals surface area contributed by atoms with E-state index in [0.29, 0.717) is 0 Å². The molecular weight excluding hydrogens is 340 g/mol. The number of benzene rings is 1. The maximum Gasteiger partial charge on any atom is 0.339 e. The number of rotatable bonds is 13. The molecule has 0 bridgehead atoms. The van der Waals surface area contributed by atoms with Crippen molar-refractivity contribution < 1.29 is 8.85 Å². The van der Waals surface area contributed by atoms with Gasteiger partial charge in [-0.3, -0.25) is 0 Å². The monoisotopic (exact) mass is 380 g/mol. The highest BCUT2D eigenvalue weighted by molar-refractivity contribution is 6.67. The zero-order valence-electron chi connectivity index (χ0n) is 18.0. The van der Waals surface area contributed by atoms with Crippen LogP contribution in [0.3, 0.4) is 0 Å². The van der Waals surface area contributed by atoms with Gasteiger partial charge in [-0.05, 0) is 71.5 Å². The van der Waals surface area contributed by atoms with Crippen molar-refractivity contribution >= 4 is 8.56 Å². The first-order valence-electron chi connectivity index (χ1n) is 9.85. The van der Waals surface area contributed by atoms with Crippen molar-refractivity contribution in [1.29, 1.82) is 0 Å². The van der Waals surface area contributed by atoms with Crippen molar-refractivity contribution in [3.63, 3.8) is 0 Å². The summed E-state index contributed by atoms with van der Waals surface area (Å²) >= 11 is 0. The smallest absolute Gasteiger partial charge is 0.339 e. The Morgan fingerprint density at radius 2 is 1.38 bits per heavy atom. The molecule has 0 aliphatic rings. The zero-order valence-corrected chi connectivity index (χ0v) is 19.0. The van der Waals surface area contributed by atoms with Crippen molar-refractivity contribution in [2.75, 3.05) is 54.5 Å². The van der Waals surface area contributed by atoms with E-state index in [1.165, 1.54) is 5.56 Å². The molecule has 0 spiro atoms. The quantitative estimate of drug-likeness (QED) is 0.485. The fraction of sp³-hybridized carbons (Fsp3) is 0.714. The molecule has 0 amide bonds. The van der Waals surface area contributed by atoms with Crippen LogP contribution in [0.1, 0.15) is 26.3 Å². The summed E-state index contributed by atoms with van der Waals surface area (Å²) in [5.41, 5.74) is 1.51. The summed E-state index contributed by atoms with van der Waals surface area (Å²) in [4.78, 5) is 4.58. The Morgan fingerprint density at radius 3 is 1.81 bits per heavy atom. The van der Waals surface area contributed by atoms with Gasteiger partial charge in [0.05, 0.1) is 0 Å². The standard InChI is InChI=1S/C21H40N2O2Si/c1-8-24-26(25-9-2,16-15-20-13-11-10-12-14-20)19-21(3,17-22(4)5)18-23(6)7/h10-14H,8-9,15-19H2,1-7H3. The van der Waals surface area contributed by atoms with Gasteiger partial charge in [0, 0.05) is 26.3 Å². The van der Waals surface area contributed by atoms with Crippen LogP contribution in [-0.4, -0.2) is 72.9 Å². The Balaban J connectivity index is 3.03. The third kappa shape index (κ3) is 8.31. The molecule has 1 aromatic carbocycles. The first-order valence-corrected chi connectivity index (χ1v) is 12.1. The van der Waals surface area contributed by atoms with Crippen LogP contribution in [0.4, 0.5) is 0 Å². The van der Waals surface area contributed by atoms with Gasteiger partial charge in [0.2, 0.25) is 0 Å². The second-order valence-electron chi connectivity index (χ2n) is 8.23. The molecule has 150 valence electrons. The average Bonchev–Trinajstić information content (AvgIpc) is 2.52. The molecule has 4 nitrogen and oxygen atoms in total. The molecule has 0 aromatic heterocycles. The van der Waals surface area contributed by atoms with E-state index in [0.717, 1.165) is 44.8 Å². The number of nitrogens with zero attached hydrogens (tertiary/aromatic N) is 2. The minimum absolute atomic E-state index is 0.139. The summed E-state index contributed by atoms with van der Waals surface area (Å²) in [5, 5.41) is 0. The molecule has 1 aromatic rings. The Morgan fingerprint density at radius 1 is 0.885 bits per heavy atom. The van der Waals surface area contributed by atoms with E-state index in [4.69, 9.17) is 8.85 Å². The van der Waals surface area contributed by atoms with Gasteiger partial charge < -0.3 is 18.7 Å². The molecule has 0 heterocycles. The molecule has 0 aliphatic heterocycles. The Bertz CT molecular complexity index is 478. The zero-order chi connectivity index (χ0) is 19.6. The van der Waals surface area contributed by atoms with Crippen molar-refractivity contribution in [1.82, 2.24) is 9.80 Å². The molecule has 26 heavy (non-hydrogen) atoms. The van der Waals surface area contributed by atoms with Gasteiger partial charge >= 0.3 is 8.56 Å². The van der Waals surface area contributed by atoms with Crippen LogP contribution >= 0.6 is 0 Å². The second-order valence-corrected chi connectivity index (χ2v) is 11.5. The second kappa shape index (κ2) is 11.2. The van der Waals surface area contributed by atoms with Gasteiger partial charge in [0.15, 0.2) is 0 Å². The maximum atomic E-state index is 6.43. The molecular formula is C21H40N2O2Si. The first-order chi connectivity index (χ1) is 12.2. The number of aryl methyl sites for hydroxylation is 1. The molecule has 0 saturated carbocycles. The summed E-state index contributed by atoms with van der Waals surface area (Å²) in [5.74, 6) is 0. The van der Waals surface area contributed by atoms with Crippen molar-refractivity contribution in [3.8, 4) is 0 Å². The molecule has 0 radical (unpaired) electrons. The van der Waals surface area contributed by atoms with E-state index in [-0.39, 0.29) is 5.41 Å². The van der Waals surface area contributed by atoms with E-state index in [9.17, 15) is 0 Å². The van der Waals surface area contributed by atoms with Gasteiger partial charge in [-0.25, -0.2) is 0 Å². The molecule has 5 heteroatoms. The van der Waals surface area contributed by atoms with E-state index in [2.05, 4.69) is 89.1 Å². The lowest BCUT2D eigenvalue weighted by atomic mass is 9.92. The van der Waals surface area contributed by atoms with Crippen LogP contribution in [0.25, 0.3) is 0 Å². The minimum atomic E-state index is -2.30. The molecule has 1 rings (SSSR count). The highest BCUT2D eigenvalue weighted by atomic mass is 28.4. The normalized spacial score (nSPS) is 13.0. The first kappa shape index (κ1) is 23.3. The number of hydrogen-bond donors (Lipinski definition) is 0. The summed E-state index contributed by atoms with van der Waals surface area (Å²) in [7, 11) is 6.32. The van der Waals surface area contributed by atoms with E-state index in [1.54, 1.807) is 0 Å². The molecule has 0 unspecified atom stereocenters. The molecule has 0 fully saturated rings. The highest BCUT2D eigenvalue weighted by Gasteiger charge is 2.44. The topological polar surface area (TPSA) is 24.9 Å². The summed E-state index contributed by atoms with van der Waals surface area (Å²) < 4.78 is 12.9. The van der Waals surface area contributed by atoms with Gasteiger partial charge in [-0.2, -0.15) is 0 Å². The lowest BCUT2D eigenvalue weighted by Crippen LogP contribution is -2.51. The van der Waals surface area contributed by atoms with Crippen molar-refractivity contribution in [3.05, 3.63) is 35.9 Å². The summed E-state index contributed by atoms with van der Waals surface area (Å²) in [6.45, 7) is 10.1. The number of hydrogen-bond acceptors (Lipinski definition) is 4. The van der Waals surface area contributed by atoms with Crippen LogP contribution in [0.5, 0.6) is 0 Å². The third-order valence-corrected chi connectivity index (χ3v) is 8.58. The Labute approximate surface area is 162 Å². The van der Waals surface area contributed by atoms with Gasteiger partial charge in [-0.1, -0.05) is 37.3 Å². The van der Waals surface area contributed by atoms with Crippen molar-refractivity contribution in [2.24, 2.45) is 5.41 Å². The molecule has 0 saturated heterocycles. The fourth-order valence-corrected chi connectivity index (χ4v) is 8.22. The van der Waals surface area contributed by atoms with E-state index >= 15 is 0 Å². The van der Waals surface area contributed by atoms with E-state index < -0.39 is 8.56 Å². The van der Waals surface area contributed by atoms with Crippen LogP contribution < -0.4 is 0 Å². The predicted molar refractivity (Wildman–Crippen MR) is 114 cm³/mol. The summed E-state index contributed by atoms with van der Waals surface area (Å²) in [6, 6.07) is 12.7. The predicted octanol–water partition coefficient (Wildman–Crippen LogP) is 3.87. The van der Waals surface area contributed by atoms with Crippen molar-refractivity contribution in [2.45, 2.75) is 39.3 Å². The largest absolute Gasteiger partial charge is 0.394 e. The lowest BCUT2D eigenvalue weighted by molar-refractivity contribution is 0.134. The molecule has 0 N–H and O–H groups in total. The van der Waals surface area contributed by atoms with Gasteiger partial charge in [0.25, 0.3) is 0 Å². The van der Waals surface area contributed by atoms with Crippen LogP contribution in [0.15, 0.2) is 30.3 Å². The minimum Gasteiger partial charge on any atom is -0.394 e. The lowest BCUT2D eigenvalue weighted by Gasteiger charge is -2.41.